The van der Waals surface area contributed by atoms with Gasteiger partial charge in [0.05, 0.1) is 26.4 Å². The fourth-order valence-corrected chi connectivity index (χ4v) is 2.17. The van der Waals surface area contributed by atoms with Crippen LogP contribution in [0.2, 0.25) is 0 Å². The quantitative estimate of drug-likeness (QED) is 0.577. The van der Waals surface area contributed by atoms with Gasteiger partial charge in [-0.05, 0) is 31.6 Å². The molecule has 0 saturated carbocycles. The van der Waals surface area contributed by atoms with E-state index in [9.17, 15) is 9.59 Å². The Bertz CT molecular complexity index is 375. The summed E-state index contributed by atoms with van der Waals surface area (Å²) in [4.78, 5) is 23.0. The number of hydrogen-bond acceptors (Lipinski definition) is 5. The molecule has 0 aromatic carbocycles. The molecule has 1 fully saturated rings. The Morgan fingerprint density at radius 2 is 2.14 bits per heavy atom. The lowest BCUT2D eigenvalue weighted by atomic mass is 10.1. The van der Waals surface area contributed by atoms with Crippen LogP contribution >= 0.6 is 0 Å². The van der Waals surface area contributed by atoms with E-state index in [1.54, 1.807) is 0 Å². The van der Waals surface area contributed by atoms with Crippen LogP contribution in [0.25, 0.3) is 0 Å². The number of ether oxygens (including phenoxy) is 3. The lowest BCUT2D eigenvalue weighted by Crippen LogP contribution is -2.45. The molecule has 1 rings (SSSR count). The molecule has 0 aliphatic carbocycles. The van der Waals surface area contributed by atoms with Crippen molar-refractivity contribution < 1.29 is 23.8 Å². The second-order valence-electron chi connectivity index (χ2n) is 5.58. The average Bonchev–Trinajstić information content (AvgIpc) is 2.53. The monoisotopic (exact) mass is 313 g/mol. The first-order chi connectivity index (χ1) is 10.6. The Labute approximate surface area is 132 Å². The van der Waals surface area contributed by atoms with Gasteiger partial charge in [0, 0.05) is 0 Å². The van der Waals surface area contributed by atoms with Gasteiger partial charge in [0.15, 0.2) is 6.10 Å². The Balaban J connectivity index is 2.18. The normalized spacial score (nSPS) is 23.0. The minimum absolute atomic E-state index is 0.122. The standard InChI is InChI=1S/C16H27NO5/c1-4-5-6-7-12(2)10-22-16(19)17-13-8-9-14(21-11-13)15(18)20-3/h5-6,12-14H,4,7-11H2,1-3H3,(H,17,19)/b6-5-/t12?,13-,14+/m1/s1. The second-order valence-corrected chi connectivity index (χ2v) is 5.58. The molecular weight excluding hydrogens is 286 g/mol. The van der Waals surface area contributed by atoms with Gasteiger partial charge >= 0.3 is 12.1 Å². The average molecular weight is 313 g/mol. The van der Waals surface area contributed by atoms with Gasteiger partial charge in [0.1, 0.15) is 0 Å². The Hall–Kier alpha value is -1.56. The maximum absolute atomic E-state index is 11.7. The zero-order valence-electron chi connectivity index (χ0n) is 13.7. The first-order valence-electron chi connectivity index (χ1n) is 7.84. The highest BCUT2D eigenvalue weighted by Gasteiger charge is 2.28. The summed E-state index contributed by atoms with van der Waals surface area (Å²) in [5.41, 5.74) is 0. The molecule has 0 radical (unpaired) electrons. The summed E-state index contributed by atoms with van der Waals surface area (Å²) in [6.45, 7) is 4.81. The number of hydrogen-bond donors (Lipinski definition) is 1. The largest absolute Gasteiger partial charge is 0.467 e. The number of amides is 1. The van der Waals surface area contributed by atoms with Crippen LogP contribution in [0.5, 0.6) is 0 Å². The number of allylic oxidation sites excluding steroid dienone is 2. The predicted molar refractivity (Wildman–Crippen MR) is 82.5 cm³/mol. The number of rotatable bonds is 7. The highest BCUT2D eigenvalue weighted by Crippen LogP contribution is 2.15. The molecule has 1 saturated heterocycles. The molecule has 1 amide bonds. The van der Waals surface area contributed by atoms with Crippen LogP contribution in [0.1, 0.15) is 39.5 Å². The third kappa shape index (κ3) is 6.93. The Morgan fingerprint density at radius 3 is 2.73 bits per heavy atom. The fraction of sp³-hybridized carbons (Fsp3) is 0.750. The lowest BCUT2D eigenvalue weighted by molar-refractivity contribution is -0.157. The van der Waals surface area contributed by atoms with Crippen molar-refractivity contribution in [3.63, 3.8) is 0 Å². The molecule has 1 aliphatic rings. The van der Waals surface area contributed by atoms with Crippen molar-refractivity contribution in [1.82, 2.24) is 5.32 Å². The lowest BCUT2D eigenvalue weighted by Gasteiger charge is -2.27. The molecule has 0 bridgehead atoms. The van der Waals surface area contributed by atoms with Gasteiger partial charge in [0.2, 0.25) is 0 Å². The third-order valence-corrected chi connectivity index (χ3v) is 3.50. The van der Waals surface area contributed by atoms with E-state index in [4.69, 9.17) is 9.47 Å². The zero-order valence-corrected chi connectivity index (χ0v) is 13.7. The van der Waals surface area contributed by atoms with E-state index >= 15 is 0 Å². The molecular formula is C16H27NO5. The van der Waals surface area contributed by atoms with Crippen LogP contribution < -0.4 is 5.32 Å². The van der Waals surface area contributed by atoms with Gasteiger partial charge in [-0.15, -0.1) is 0 Å². The van der Waals surface area contributed by atoms with E-state index in [-0.39, 0.29) is 12.0 Å². The van der Waals surface area contributed by atoms with Crippen molar-refractivity contribution in [2.75, 3.05) is 20.3 Å². The summed E-state index contributed by atoms with van der Waals surface area (Å²) in [7, 11) is 1.34. The highest BCUT2D eigenvalue weighted by molar-refractivity contribution is 5.74. The molecule has 1 heterocycles. The molecule has 6 heteroatoms. The number of methoxy groups -OCH3 is 1. The van der Waals surface area contributed by atoms with Crippen molar-refractivity contribution >= 4 is 12.1 Å². The zero-order chi connectivity index (χ0) is 16.4. The van der Waals surface area contributed by atoms with E-state index in [0.29, 0.717) is 32.0 Å². The van der Waals surface area contributed by atoms with Gasteiger partial charge in [0.25, 0.3) is 0 Å². The van der Waals surface area contributed by atoms with E-state index in [1.807, 2.05) is 6.92 Å². The summed E-state index contributed by atoms with van der Waals surface area (Å²) >= 11 is 0. The maximum atomic E-state index is 11.7. The third-order valence-electron chi connectivity index (χ3n) is 3.50. The summed E-state index contributed by atoms with van der Waals surface area (Å²) in [6, 6.07) is -0.122. The van der Waals surface area contributed by atoms with E-state index in [2.05, 4.69) is 29.1 Å². The van der Waals surface area contributed by atoms with Crippen LogP contribution in [0.4, 0.5) is 4.79 Å². The molecule has 3 atom stereocenters. The summed E-state index contributed by atoms with van der Waals surface area (Å²) in [5, 5.41) is 2.76. The van der Waals surface area contributed by atoms with Crippen LogP contribution in [0.3, 0.4) is 0 Å². The van der Waals surface area contributed by atoms with Gasteiger partial charge in [-0.2, -0.15) is 0 Å². The number of esters is 1. The Morgan fingerprint density at radius 1 is 1.36 bits per heavy atom. The minimum atomic E-state index is -0.524. The molecule has 22 heavy (non-hydrogen) atoms. The van der Waals surface area contributed by atoms with Gasteiger partial charge in [-0.25, -0.2) is 9.59 Å². The predicted octanol–water partition coefficient (Wildman–Crippen LogP) is 2.43. The molecule has 0 spiro atoms. The topological polar surface area (TPSA) is 73.9 Å². The van der Waals surface area contributed by atoms with Gasteiger partial charge < -0.3 is 19.5 Å². The molecule has 1 N–H and O–H groups in total. The van der Waals surface area contributed by atoms with Crippen LogP contribution in [-0.4, -0.2) is 44.5 Å². The highest BCUT2D eigenvalue weighted by atomic mass is 16.6. The van der Waals surface area contributed by atoms with E-state index in [1.165, 1.54) is 7.11 Å². The number of nitrogens with one attached hydrogen (secondary N) is 1. The van der Waals surface area contributed by atoms with Crippen molar-refractivity contribution in [1.29, 1.82) is 0 Å². The van der Waals surface area contributed by atoms with Gasteiger partial charge in [-0.3, -0.25) is 0 Å². The summed E-state index contributed by atoms with van der Waals surface area (Å²) in [6.07, 6.45) is 6.37. The van der Waals surface area contributed by atoms with Crippen LogP contribution in [0.15, 0.2) is 12.2 Å². The second kappa shape index (κ2) is 10.2. The van der Waals surface area contributed by atoms with E-state index < -0.39 is 12.2 Å². The van der Waals surface area contributed by atoms with Crippen molar-refractivity contribution in [3.05, 3.63) is 12.2 Å². The Kier molecular flexibility index (Phi) is 8.58. The number of carbonyl (C=O) groups is 2. The van der Waals surface area contributed by atoms with Crippen LogP contribution in [0, 0.1) is 5.92 Å². The first-order valence-corrected chi connectivity index (χ1v) is 7.84. The molecule has 126 valence electrons. The fourth-order valence-electron chi connectivity index (χ4n) is 2.17. The molecule has 0 aromatic heterocycles. The number of carbonyl (C=O) groups excluding carboxylic acids is 2. The SMILES string of the molecule is CC/C=C\CC(C)COC(=O)N[C@@H]1CC[C@@H](C(=O)OC)OC1. The van der Waals surface area contributed by atoms with E-state index in [0.717, 1.165) is 12.8 Å². The minimum Gasteiger partial charge on any atom is -0.467 e. The van der Waals surface area contributed by atoms with Crippen LogP contribution in [-0.2, 0) is 19.0 Å². The summed E-state index contributed by atoms with van der Waals surface area (Å²) < 4.78 is 15.2. The molecule has 1 unspecified atom stereocenters. The number of alkyl carbamates (subject to hydrolysis) is 1. The molecule has 6 nitrogen and oxygen atoms in total. The van der Waals surface area contributed by atoms with Crippen molar-refractivity contribution in [2.45, 2.75) is 51.7 Å². The first kappa shape index (κ1) is 18.5. The molecule has 1 aliphatic heterocycles. The van der Waals surface area contributed by atoms with Gasteiger partial charge in [-0.1, -0.05) is 26.0 Å². The smallest absolute Gasteiger partial charge is 0.407 e. The van der Waals surface area contributed by atoms with Crippen molar-refractivity contribution in [2.24, 2.45) is 5.92 Å². The van der Waals surface area contributed by atoms with Crippen molar-refractivity contribution in [3.8, 4) is 0 Å². The maximum Gasteiger partial charge on any atom is 0.407 e. The summed E-state index contributed by atoms with van der Waals surface area (Å²) in [5.74, 6) is -0.0742. The molecule has 0 aromatic rings.